The number of likely N-dealkylation sites (tertiary alicyclic amines) is 1. The molecule has 1 saturated heterocycles. The lowest BCUT2D eigenvalue weighted by Crippen LogP contribution is -2.33. The van der Waals surface area contributed by atoms with Crippen LogP contribution in [0.1, 0.15) is 58.3 Å². The fraction of sp³-hybridized carbons (Fsp3) is 0.929. The van der Waals surface area contributed by atoms with E-state index in [-0.39, 0.29) is 0 Å². The van der Waals surface area contributed by atoms with Gasteiger partial charge in [0.1, 0.15) is 0 Å². The molecule has 15 heavy (non-hydrogen) atoms. The maximum absolute atomic E-state index is 4.14. The first-order valence-electron chi connectivity index (χ1n) is 6.88. The van der Waals surface area contributed by atoms with E-state index in [0.717, 1.165) is 5.92 Å². The zero-order valence-corrected chi connectivity index (χ0v) is 10.5. The SMILES string of the molecule is [CH2]C1CCN(CCCCCCCC)CC1. The second kappa shape index (κ2) is 8.15. The first-order valence-corrected chi connectivity index (χ1v) is 6.88. The summed E-state index contributed by atoms with van der Waals surface area (Å²) in [4.78, 5) is 2.63. The molecule has 0 amide bonds. The van der Waals surface area contributed by atoms with E-state index in [4.69, 9.17) is 0 Å². The molecule has 0 aromatic rings. The number of nitrogens with zero attached hydrogens (tertiary/aromatic N) is 1. The number of hydrogen-bond acceptors (Lipinski definition) is 1. The molecule has 0 saturated carbocycles. The molecule has 0 bridgehead atoms. The molecule has 0 spiro atoms. The Labute approximate surface area is 96.2 Å². The molecule has 89 valence electrons. The van der Waals surface area contributed by atoms with Crippen LogP contribution in [-0.4, -0.2) is 24.5 Å². The molecule has 1 radical (unpaired) electrons. The fourth-order valence-corrected chi connectivity index (χ4v) is 2.33. The second-order valence-corrected chi connectivity index (χ2v) is 5.05. The molecular formula is C14H28N. The predicted molar refractivity (Wildman–Crippen MR) is 67.9 cm³/mol. The van der Waals surface area contributed by atoms with Crippen molar-refractivity contribution in [2.24, 2.45) is 5.92 Å². The van der Waals surface area contributed by atoms with Crippen LogP contribution in [0.4, 0.5) is 0 Å². The van der Waals surface area contributed by atoms with Crippen molar-refractivity contribution in [3.05, 3.63) is 6.92 Å². The van der Waals surface area contributed by atoms with Gasteiger partial charge in [-0.1, -0.05) is 46.0 Å². The average Bonchev–Trinajstić information content (AvgIpc) is 2.26. The van der Waals surface area contributed by atoms with E-state index in [9.17, 15) is 0 Å². The highest BCUT2D eigenvalue weighted by atomic mass is 15.1. The molecule has 1 nitrogen and oxygen atoms in total. The van der Waals surface area contributed by atoms with E-state index in [1.54, 1.807) is 0 Å². The molecule has 0 unspecified atom stereocenters. The summed E-state index contributed by atoms with van der Waals surface area (Å²) in [5.41, 5.74) is 0. The Balaban J connectivity index is 1.87. The van der Waals surface area contributed by atoms with Gasteiger partial charge in [0.15, 0.2) is 0 Å². The normalized spacial score (nSPS) is 19.6. The highest BCUT2D eigenvalue weighted by molar-refractivity contribution is 4.73. The Morgan fingerprint density at radius 2 is 1.60 bits per heavy atom. The fourth-order valence-electron chi connectivity index (χ4n) is 2.33. The van der Waals surface area contributed by atoms with Crippen molar-refractivity contribution in [2.75, 3.05) is 19.6 Å². The van der Waals surface area contributed by atoms with Crippen LogP contribution in [0.5, 0.6) is 0 Å². The van der Waals surface area contributed by atoms with Gasteiger partial charge >= 0.3 is 0 Å². The molecule has 0 aromatic carbocycles. The first-order chi connectivity index (χ1) is 7.33. The minimum atomic E-state index is 0.728. The minimum absolute atomic E-state index is 0.728. The molecule has 0 aromatic heterocycles. The number of piperidine rings is 1. The van der Waals surface area contributed by atoms with Gasteiger partial charge in [0.05, 0.1) is 0 Å². The van der Waals surface area contributed by atoms with Crippen molar-refractivity contribution >= 4 is 0 Å². The lowest BCUT2D eigenvalue weighted by Gasteiger charge is -2.30. The molecule has 1 heteroatoms. The third-order valence-electron chi connectivity index (χ3n) is 3.54. The lowest BCUT2D eigenvalue weighted by molar-refractivity contribution is 0.198. The summed E-state index contributed by atoms with van der Waals surface area (Å²) >= 11 is 0. The van der Waals surface area contributed by atoms with Crippen LogP contribution in [0.3, 0.4) is 0 Å². The largest absolute Gasteiger partial charge is 0.303 e. The highest BCUT2D eigenvalue weighted by Crippen LogP contribution is 2.16. The number of hydrogen-bond donors (Lipinski definition) is 0. The van der Waals surface area contributed by atoms with Gasteiger partial charge in [0.2, 0.25) is 0 Å². The summed E-state index contributed by atoms with van der Waals surface area (Å²) in [5.74, 6) is 0.728. The average molecular weight is 210 g/mol. The predicted octanol–water partition coefficient (Wildman–Crippen LogP) is 3.89. The highest BCUT2D eigenvalue weighted by Gasteiger charge is 2.14. The summed E-state index contributed by atoms with van der Waals surface area (Å²) in [7, 11) is 0. The molecule has 0 atom stereocenters. The van der Waals surface area contributed by atoms with Gasteiger partial charge in [-0.3, -0.25) is 0 Å². The smallest absolute Gasteiger partial charge is 0.00161 e. The van der Waals surface area contributed by atoms with E-state index in [2.05, 4.69) is 18.7 Å². The Morgan fingerprint density at radius 1 is 1.00 bits per heavy atom. The number of rotatable bonds is 7. The molecular weight excluding hydrogens is 182 g/mol. The summed E-state index contributed by atoms with van der Waals surface area (Å²) in [5, 5.41) is 0. The molecule has 0 aliphatic carbocycles. The van der Waals surface area contributed by atoms with E-state index in [1.807, 2.05) is 0 Å². The molecule has 0 N–H and O–H groups in total. The third-order valence-corrected chi connectivity index (χ3v) is 3.54. The Kier molecular flexibility index (Phi) is 7.08. The second-order valence-electron chi connectivity index (χ2n) is 5.05. The quantitative estimate of drug-likeness (QED) is 0.576. The lowest BCUT2D eigenvalue weighted by atomic mass is 9.99. The van der Waals surface area contributed by atoms with Crippen LogP contribution in [0.15, 0.2) is 0 Å². The van der Waals surface area contributed by atoms with Gasteiger partial charge < -0.3 is 4.90 Å². The van der Waals surface area contributed by atoms with Crippen molar-refractivity contribution in [3.8, 4) is 0 Å². The summed E-state index contributed by atoms with van der Waals surface area (Å²) < 4.78 is 0. The third kappa shape index (κ3) is 6.19. The van der Waals surface area contributed by atoms with Gasteiger partial charge in [0, 0.05) is 0 Å². The molecule has 1 aliphatic rings. The van der Waals surface area contributed by atoms with Gasteiger partial charge in [-0.15, -0.1) is 0 Å². The standard InChI is InChI=1S/C14H28N/c1-3-4-5-6-7-8-11-15-12-9-14(2)10-13-15/h14H,2-13H2,1H3. The zero-order valence-electron chi connectivity index (χ0n) is 10.5. The van der Waals surface area contributed by atoms with Crippen LogP contribution >= 0.6 is 0 Å². The summed E-state index contributed by atoms with van der Waals surface area (Å²) in [6, 6.07) is 0. The Hall–Kier alpha value is -0.0400. The van der Waals surface area contributed by atoms with E-state index >= 15 is 0 Å². The summed E-state index contributed by atoms with van der Waals surface area (Å²) in [6.07, 6.45) is 11.1. The molecule has 1 fully saturated rings. The van der Waals surface area contributed by atoms with E-state index in [0.29, 0.717) is 0 Å². The van der Waals surface area contributed by atoms with Crippen molar-refractivity contribution in [3.63, 3.8) is 0 Å². The molecule has 1 aliphatic heterocycles. The topological polar surface area (TPSA) is 3.24 Å². The van der Waals surface area contributed by atoms with Crippen molar-refractivity contribution < 1.29 is 0 Å². The van der Waals surface area contributed by atoms with Crippen LogP contribution in [0.25, 0.3) is 0 Å². The monoisotopic (exact) mass is 210 g/mol. The molecule has 1 heterocycles. The van der Waals surface area contributed by atoms with E-state index < -0.39 is 0 Å². The maximum atomic E-state index is 4.14. The zero-order chi connectivity index (χ0) is 10.9. The van der Waals surface area contributed by atoms with Crippen LogP contribution in [-0.2, 0) is 0 Å². The van der Waals surface area contributed by atoms with Crippen molar-refractivity contribution in [2.45, 2.75) is 58.3 Å². The minimum Gasteiger partial charge on any atom is -0.303 e. The molecule has 1 rings (SSSR count). The van der Waals surface area contributed by atoms with Gasteiger partial charge in [0.25, 0.3) is 0 Å². The summed E-state index contributed by atoms with van der Waals surface area (Å²) in [6.45, 7) is 10.3. The maximum Gasteiger partial charge on any atom is -0.00161 e. The van der Waals surface area contributed by atoms with Gasteiger partial charge in [-0.05, 0) is 44.8 Å². The Morgan fingerprint density at radius 3 is 2.27 bits per heavy atom. The van der Waals surface area contributed by atoms with Gasteiger partial charge in [-0.25, -0.2) is 0 Å². The first kappa shape index (κ1) is 13.0. The Bertz CT molecular complexity index is 136. The van der Waals surface area contributed by atoms with Crippen molar-refractivity contribution in [1.82, 2.24) is 4.90 Å². The van der Waals surface area contributed by atoms with E-state index in [1.165, 1.54) is 71.0 Å². The number of unbranched alkanes of at least 4 members (excludes halogenated alkanes) is 5. The van der Waals surface area contributed by atoms with Crippen LogP contribution < -0.4 is 0 Å². The van der Waals surface area contributed by atoms with Crippen LogP contribution in [0.2, 0.25) is 0 Å². The van der Waals surface area contributed by atoms with Gasteiger partial charge in [-0.2, -0.15) is 0 Å². The van der Waals surface area contributed by atoms with Crippen molar-refractivity contribution in [1.29, 1.82) is 0 Å². The van der Waals surface area contributed by atoms with Crippen LogP contribution in [0, 0.1) is 12.8 Å².